The number of likely N-dealkylation sites (tertiary alicyclic amines) is 1. The molecule has 2 aliphatic heterocycles. The van der Waals surface area contributed by atoms with Crippen LogP contribution in [-0.4, -0.2) is 57.3 Å². The van der Waals surface area contributed by atoms with E-state index in [1.807, 2.05) is 4.90 Å². The summed E-state index contributed by atoms with van der Waals surface area (Å²) in [7, 11) is 0. The van der Waals surface area contributed by atoms with Crippen molar-refractivity contribution in [3.8, 4) is 0 Å². The molecule has 3 heterocycles. The van der Waals surface area contributed by atoms with Crippen LogP contribution >= 0.6 is 0 Å². The quantitative estimate of drug-likeness (QED) is 0.637. The van der Waals surface area contributed by atoms with Gasteiger partial charge in [0.05, 0.1) is 11.1 Å². The molecular weight excluding hydrogens is 396 g/mol. The highest BCUT2D eigenvalue weighted by Gasteiger charge is 2.35. The van der Waals surface area contributed by atoms with Crippen molar-refractivity contribution in [2.24, 2.45) is 5.92 Å². The molecule has 31 heavy (non-hydrogen) atoms. The Hall–Kier alpha value is -3.03. The maximum atomic E-state index is 12.7. The molecule has 8 nitrogen and oxygen atoms in total. The van der Waals surface area contributed by atoms with Gasteiger partial charge in [-0.2, -0.15) is 4.98 Å². The van der Waals surface area contributed by atoms with Crippen molar-refractivity contribution in [3.05, 3.63) is 47.1 Å². The fraction of sp³-hybridized carbons (Fsp3) is 0.522. The lowest BCUT2D eigenvalue weighted by Crippen LogP contribution is -2.41. The lowest BCUT2D eigenvalue weighted by molar-refractivity contribution is -0.133. The molecule has 3 aliphatic rings. The second-order valence-electron chi connectivity index (χ2n) is 8.78. The summed E-state index contributed by atoms with van der Waals surface area (Å²) in [6.45, 7) is 1.70. The van der Waals surface area contributed by atoms with E-state index >= 15 is 0 Å². The molecule has 8 heteroatoms. The van der Waals surface area contributed by atoms with Crippen molar-refractivity contribution in [1.82, 2.24) is 19.9 Å². The molecule has 1 aliphatic carbocycles. The molecule has 0 radical (unpaired) electrons. The van der Waals surface area contributed by atoms with Crippen LogP contribution in [0.3, 0.4) is 0 Å². The van der Waals surface area contributed by atoms with Crippen molar-refractivity contribution in [2.75, 3.05) is 19.6 Å². The zero-order valence-electron chi connectivity index (χ0n) is 17.5. The zero-order valence-corrected chi connectivity index (χ0v) is 17.5. The number of benzene rings is 1. The molecule has 0 bridgehead atoms. The minimum Gasteiger partial charge on any atom is -0.342 e. The zero-order chi connectivity index (χ0) is 21.4. The second kappa shape index (κ2) is 8.24. The van der Waals surface area contributed by atoms with Gasteiger partial charge in [0.15, 0.2) is 5.82 Å². The average Bonchev–Trinajstić information content (AvgIpc) is 3.49. The van der Waals surface area contributed by atoms with E-state index in [0.717, 1.165) is 38.1 Å². The summed E-state index contributed by atoms with van der Waals surface area (Å²) in [4.78, 5) is 45.3. The van der Waals surface area contributed by atoms with Crippen LogP contribution in [-0.2, 0) is 11.2 Å². The summed E-state index contributed by atoms with van der Waals surface area (Å²) >= 11 is 0. The van der Waals surface area contributed by atoms with Crippen LogP contribution in [0.15, 0.2) is 28.8 Å². The van der Waals surface area contributed by atoms with Crippen molar-refractivity contribution in [2.45, 2.75) is 50.9 Å². The molecule has 1 atom stereocenters. The highest BCUT2D eigenvalue weighted by atomic mass is 16.5. The number of carbonyl (C=O) groups excluding carboxylic acids is 3. The minimum absolute atomic E-state index is 0.0745. The number of rotatable bonds is 7. The van der Waals surface area contributed by atoms with Crippen LogP contribution in [0.2, 0.25) is 0 Å². The Morgan fingerprint density at radius 3 is 2.55 bits per heavy atom. The average molecular weight is 422 g/mol. The lowest BCUT2D eigenvalue weighted by atomic mass is 9.94. The lowest BCUT2D eigenvalue weighted by Gasteiger charge is -2.32. The Balaban J connectivity index is 1.10. The van der Waals surface area contributed by atoms with Gasteiger partial charge in [0.1, 0.15) is 0 Å². The van der Waals surface area contributed by atoms with Crippen molar-refractivity contribution >= 4 is 17.7 Å². The second-order valence-corrected chi connectivity index (χ2v) is 8.78. The fourth-order valence-electron chi connectivity index (χ4n) is 4.55. The summed E-state index contributed by atoms with van der Waals surface area (Å²) in [6.07, 6.45) is 5.79. The number of hydrogen-bond acceptors (Lipinski definition) is 6. The van der Waals surface area contributed by atoms with Gasteiger partial charge in [-0.1, -0.05) is 17.3 Å². The third-order valence-corrected chi connectivity index (χ3v) is 6.41. The molecule has 1 aromatic carbocycles. The number of aromatic nitrogens is 2. The number of hydrogen-bond donors (Lipinski definition) is 0. The van der Waals surface area contributed by atoms with Crippen molar-refractivity contribution < 1.29 is 18.9 Å². The standard InChI is InChI=1S/C23H26N4O4/c28-20(8-4-12-27-22(29)17-6-1-2-7-18(17)23(27)30)26-11-3-5-15(14-26)13-19-24-21(25-31-19)16-9-10-16/h1-2,6-7,15-16H,3-5,8-14H2. The Morgan fingerprint density at radius 1 is 1.10 bits per heavy atom. The van der Waals surface area contributed by atoms with Crippen LogP contribution in [0.25, 0.3) is 0 Å². The topological polar surface area (TPSA) is 96.6 Å². The molecule has 162 valence electrons. The summed E-state index contributed by atoms with van der Waals surface area (Å²) in [6, 6.07) is 6.85. The molecule has 5 rings (SSSR count). The number of piperidine rings is 1. The fourth-order valence-corrected chi connectivity index (χ4v) is 4.55. The summed E-state index contributed by atoms with van der Waals surface area (Å²) < 4.78 is 5.40. The van der Waals surface area contributed by atoms with E-state index in [1.165, 1.54) is 4.90 Å². The summed E-state index contributed by atoms with van der Waals surface area (Å²) in [5, 5.41) is 4.08. The number of fused-ring (bicyclic) bond motifs is 1. The highest BCUT2D eigenvalue weighted by Crippen LogP contribution is 2.38. The summed E-state index contributed by atoms with van der Waals surface area (Å²) in [5.41, 5.74) is 0.895. The van der Waals surface area contributed by atoms with Gasteiger partial charge >= 0.3 is 0 Å². The molecule has 0 N–H and O–H groups in total. The molecule has 0 spiro atoms. The first-order valence-electron chi connectivity index (χ1n) is 11.2. The van der Waals surface area contributed by atoms with E-state index in [1.54, 1.807) is 24.3 Å². The van der Waals surface area contributed by atoms with Crippen LogP contribution in [0.4, 0.5) is 0 Å². The molecular formula is C23H26N4O4. The number of carbonyl (C=O) groups is 3. The largest absolute Gasteiger partial charge is 0.342 e. The van der Waals surface area contributed by atoms with Gasteiger partial charge in [-0.15, -0.1) is 0 Å². The normalized spacial score (nSPS) is 21.0. The van der Waals surface area contributed by atoms with Gasteiger partial charge in [0.2, 0.25) is 11.8 Å². The SMILES string of the molecule is O=C(CCCN1C(=O)c2ccccc2C1=O)N1CCCC(Cc2nc(C3CC3)no2)C1. The molecule has 2 aromatic rings. The number of amides is 3. The van der Waals surface area contributed by atoms with Crippen molar-refractivity contribution in [3.63, 3.8) is 0 Å². The molecule has 1 unspecified atom stereocenters. The Kier molecular flexibility index (Phi) is 5.29. The number of nitrogens with zero attached hydrogens (tertiary/aromatic N) is 4. The molecule has 1 aromatic heterocycles. The van der Waals surface area contributed by atoms with Gasteiger partial charge in [0.25, 0.3) is 11.8 Å². The Bertz CT molecular complexity index is 978. The first kappa shape index (κ1) is 19.9. The first-order valence-corrected chi connectivity index (χ1v) is 11.2. The molecule has 1 saturated carbocycles. The predicted molar refractivity (Wildman–Crippen MR) is 110 cm³/mol. The van der Waals surface area contributed by atoms with E-state index in [0.29, 0.717) is 54.7 Å². The van der Waals surface area contributed by atoms with E-state index in [2.05, 4.69) is 10.1 Å². The van der Waals surface area contributed by atoms with E-state index in [-0.39, 0.29) is 24.3 Å². The highest BCUT2D eigenvalue weighted by molar-refractivity contribution is 6.21. The van der Waals surface area contributed by atoms with Gasteiger partial charge in [-0.25, -0.2) is 0 Å². The third kappa shape index (κ3) is 4.11. The maximum Gasteiger partial charge on any atom is 0.261 e. The third-order valence-electron chi connectivity index (χ3n) is 6.41. The van der Waals surface area contributed by atoms with Gasteiger partial charge < -0.3 is 9.42 Å². The van der Waals surface area contributed by atoms with Crippen LogP contribution < -0.4 is 0 Å². The molecule has 1 saturated heterocycles. The van der Waals surface area contributed by atoms with Crippen LogP contribution in [0, 0.1) is 5.92 Å². The van der Waals surface area contributed by atoms with Gasteiger partial charge in [0, 0.05) is 38.4 Å². The van der Waals surface area contributed by atoms with E-state index < -0.39 is 0 Å². The predicted octanol–water partition coefficient (Wildman–Crippen LogP) is 2.80. The van der Waals surface area contributed by atoms with Gasteiger partial charge in [-0.3, -0.25) is 19.3 Å². The Morgan fingerprint density at radius 2 is 1.84 bits per heavy atom. The number of imide groups is 1. The van der Waals surface area contributed by atoms with Crippen LogP contribution in [0.1, 0.15) is 76.9 Å². The van der Waals surface area contributed by atoms with Crippen LogP contribution in [0.5, 0.6) is 0 Å². The van der Waals surface area contributed by atoms with Crippen molar-refractivity contribution in [1.29, 1.82) is 0 Å². The van der Waals surface area contributed by atoms with E-state index in [4.69, 9.17) is 4.52 Å². The monoisotopic (exact) mass is 422 g/mol. The smallest absolute Gasteiger partial charge is 0.261 e. The molecule has 3 amide bonds. The first-order chi connectivity index (χ1) is 15.1. The Labute approximate surface area is 180 Å². The molecule has 2 fully saturated rings. The summed E-state index contributed by atoms with van der Waals surface area (Å²) in [5.74, 6) is 1.84. The maximum absolute atomic E-state index is 12.7. The van der Waals surface area contributed by atoms with Gasteiger partial charge in [-0.05, 0) is 50.2 Å². The minimum atomic E-state index is -0.267. The van der Waals surface area contributed by atoms with E-state index in [9.17, 15) is 14.4 Å².